The van der Waals surface area contributed by atoms with Gasteiger partial charge in [0.05, 0.1) is 5.56 Å². The highest BCUT2D eigenvalue weighted by Gasteiger charge is 2.23. The predicted molar refractivity (Wildman–Crippen MR) is 85.0 cm³/mol. The molecule has 0 atom stereocenters. The molecular formula is C15H20N4OS. The summed E-state index contributed by atoms with van der Waals surface area (Å²) in [5.74, 6) is 1.07. The summed E-state index contributed by atoms with van der Waals surface area (Å²) < 4.78 is 2.04. The molecule has 2 aromatic rings. The minimum absolute atomic E-state index is 0.0594. The second-order valence-corrected chi connectivity index (χ2v) is 6.58. The molecule has 1 aliphatic rings. The summed E-state index contributed by atoms with van der Waals surface area (Å²) in [6.45, 7) is 3.85. The molecule has 1 fully saturated rings. The normalized spacial score (nSPS) is 16.2. The maximum absolute atomic E-state index is 12.2. The molecule has 0 saturated carbocycles. The summed E-state index contributed by atoms with van der Waals surface area (Å²) in [4.78, 5) is 20.0. The van der Waals surface area contributed by atoms with Crippen molar-refractivity contribution < 1.29 is 4.79 Å². The van der Waals surface area contributed by atoms with E-state index in [1.165, 1.54) is 0 Å². The van der Waals surface area contributed by atoms with Gasteiger partial charge in [-0.1, -0.05) is 0 Å². The van der Waals surface area contributed by atoms with Gasteiger partial charge in [0, 0.05) is 43.4 Å². The summed E-state index contributed by atoms with van der Waals surface area (Å²) in [5, 5.41) is 5.12. The van der Waals surface area contributed by atoms with Crippen molar-refractivity contribution in [3.05, 3.63) is 34.3 Å². The van der Waals surface area contributed by atoms with E-state index in [0.29, 0.717) is 0 Å². The second-order valence-electron chi connectivity index (χ2n) is 5.46. The first kappa shape index (κ1) is 14.1. The van der Waals surface area contributed by atoms with E-state index in [9.17, 15) is 4.79 Å². The summed E-state index contributed by atoms with van der Waals surface area (Å²) in [6, 6.07) is 2.16. The van der Waals surface area contributed by atoms with Crippen LogP contribution in [0, 0.1) is 6.92 Å². The minimum Gasteiger partial charge on any atom is -0.349 e. The van der Waals surface area contributed by atoms with Gasteiger partial charge in [-0.05, 0) is 31.2 Å². The van der Waals surface area contributed by atoms with Crippen LogP contribution in [0.5, 0.6) is 0 Å². The molecule has 0 radical (unpaired) electrons. The SMILES string of the molecule is Cc1sccc1C(=O)NC1CCN(c2nccn2C)CC1. The first-order valence-corrected chi connectivity index (χ1v) is 8.10. The number of imidazole rings is 1. The first-order valence-electron chi connectivity index (χ1n) is 7.22. The fourth-order valence-electron chi connectivity index (χ4n) is 2.77. The number of piperidine rings is 1. The fraction of sp³-hybridized carbons (Fsp3) is 0.467. The number of aryl methyl sites for hydroxylation is 2. The smallest absolute Gasteiger partial charge is 0.252 e. The Balaban J connectivity index is 1.56. The van der Waals surface area contributed by atoms with Crippen LogP contribution in [0.4, 0.5) is 5.95 Å². The first-order chi connectivity index (χ1) is 10.1. The molecule has 3 rings (SSSR count). The molecule has 6 heteroatoms. The van der Waals surface area contributed by atoms with Gasteiger partial charge in [0.2, 0.25) is 5.95 Å². The van der Waals surface area contributed by atoms with Gasteiger partial charge >= 0.3 is 0 Å². The van der Waals surface area contributed by atoms with Crippen molar-refractivity contribution in [2.45, 2.75) is 25.8 Å². The van der Waals surface area contributed by atoms with Crippen LogP contribution in [0.1, 0.15) is 28.1 Å². The van der Waals surface area contributed by atoms with Crippen LogP contribution in [0.25, 0.3) is 0 Å². The zero-order valence-electron chi connectivity index (χ0n) is 12.4. The summed E-state index contributed by atoms with van der Waals surface area (Å²) in [7, 11) is 2.01. The number of carbonyl (C=O) groups excluding carboxylic acids is 1. The average Bonchev–Trinajstić information content (AvgIpc) is 3.08. The van der Waals surface area contributed by atoms with Crippen molar-refractivity contribution in [2.75, 3.05) is 18.0 Å². The maximum Gasteiger partial charge on any atom is 0.252 e. The monoisotopic (exact) mass is 304 g/mol. The molecule has 3 heterocycles. The predicted octanol–water partition coefficient (Wildman–Crippen LogP) is 2.19. The molecule has 2 aromatic heterocycles. The van der Waals surface area contributed by atoms with Crippen molar-refractivity contribution in [2.24, 2.45) is 7.05 Å². The number of hydrogen-bond acceptors (Lipinski definition) is 4. The van der Waals surface area contributed by atoms with E-state index in [1.807, 2.05) is 42.4 Å². The molecular weight excluding hydrogens is 284 g/mol. The van der Waals surface area contributed by atoms with Crippen LogP contribution in [-0.2, 0) is 7.05 Å². The zero-order chi connectivity index (χ0) is 14.8. The van der Waals surface area contributed by atoms with E-state index in [0.717, 1.165) is 42.3 Å². The zero-order valence-corrected chi connectivity index (χ0v) is 13.2. The standard InChI is InChI=1S/C15H20N4OS/c1-11-13(5-10-21-11)14(20)17-12-3-7-19(8-4-12)15-16-6-9-18(15)2/h5-6,9-10,12H,3-4,7-8H2,1-2H3,(H,17,20). The van der Waals surface area contributed by atoms with Gasteiger partial charge in [0.25, 0.3) is 5.91 Å². The van der Waals surface area contributed by atoms with Crippen LogP contribution in [0.2, 0.25) is 0 Å². The molecule has 1 N–H and O–H groups in total. The Kier molecular flexibility index (Phi) is 3.96. The van der Waals surface area contributed by atoms with Crippen LogP contribution in [0.3, 0.4) is 0 Å². The van der Waals surface area contributed by atoms with E-state index < -0.39 is 0 Å². The van der Waals surface area contributed by atoms with E-state index in [-0.39, 0.29) is 11.9 Å². The average molecular weight is 304 g/mol. The lowest BCUT2D eigenvalue weighted by molar-refractivity contribution is 0.0931. The van der Waals surface area contributed by atoms with Crippen LogP contribution < -0.4 is 10.2 Å². The Morgan fingerprint density at radius 2 is 2.19 bits per heavy atom. The molecule has 1 saturated heterocycles. The molecule has 112 valence electrons. The number of hydrogen-bond donors (Lipinski definition) is 1. The fourth-order valence-corrected chi connectivity index (χ4v) is 3.47. The third-order valence-corrected chi connectivity index (χ3v) is 4.86. The molecule has 0 spiro atoms. The van der Waals surface area contributed by atoms with Gasteiger partial charge in [-0.3, -0.25) is 4.79 Å². The number of thiophene rings is 1. The van der Waals surface area contributed by atoms with Crippen LogP contribution in [-0.4, -0.2) is 34.6 Å². The molecule has 21 heavy (non-hydrogen) atoms. The Bertz CT molecular complexity index is 625. The third kappa shape index (κ3) is 2.95. The number of rotatable bonds is 3. The Morgan fingerprint density at radius 3 is 2.76 bits per heavy atom. The molecule has 0 unspecified atom stereocenters. The highest BCUT2D eigenvalue weighted by molar-refractivity contribution is 7.10. The van der Waals surface area contributed by atoms with E-state index >= 15 is 0 Å². The van der Waals surface area contributed by atoms with Crippen molar-refractivity contribution in [1.82, 2.24) is 14.9 Å². The number of nitrogens with zero attached hydrogens (tertiary/aromatic N) is 3. The third-order valence-electron chi connectivity index (χ3n) is 4.01. The Hall–Kier alpha value is -1.82. The highest BCUT2D eigenvalue weighted by atomic mass is 32.1. The molecule has 0 aliphatic carbocycles. The van der Waals surface area contributed by atoms with Crippen molar-refractivity contribution in [3.8, 4) is 0 Å². The highest BCUT2D eigenvalue weighted by Crippen LogP contribution is 2.19. The lowest BCUT2D eigenvalue weighted by Gasteiger charge is -2.33. The molecule has 0 aromatic carbocycles. The summed E-state index contributed by atoms with van der Waals surface area (Å²) in [5.41, 5.74) is 0.812. The van der Waals surface area contributed by atoms with Gasteiger partial charge in [-0.15, -0.1) is 11.3 Å². The quantitative estimate of drug-likeness (QED) is 0.945. The number of nitrogens with one attached hydrogen (secondary N) is 1. The van der Waals surface area contributed by atoms with Crippen molar-refractivity contribution in [1.29, 1.82) is 0 Å². The van der Waals surface area contributed by atoms with Gasteiger partial charge in [-0.2, -0.15) is 0 Å². The lowest BCUT2D eigenvalue weighted by atomic mass is 10.0. The topological polar surface area (TPSA) is 50.2 Å². The number of carbonyl (C=O) groups is 1. The number of anilines is 1. The van der Waals surface area contributed by atoms with Gasteiger partial charge < -0.3 is 14.8 Å². The Morgan fingerprint density at radius 1 is 1.43 bits per heavy atom. The number of aromatic nitrogens is 2. The molecule has 1 aliphatic heterocycles. The minimum atomic E-state index is 0.0594. The van der Waals surface area contributed by atoms with Crippen molar-refractivity contribution in [3.63, 3.8) is 0 Å². The van der Waals surface area contributed by atoms with Gasteiger partial charge in [0.1, 0.15) is 0 Å². The van der Waals surface area contributed by atoms with E-state index in [2.05, 4.69) is 15.2 Å². The second kappa shape index (κ2) is 5.89. The Labute approximate surface area is 128 Å². The molecule has 5 nitrogen and oxygen atoms in total. The van der Waals surface area contributed by atoms with Crippen molar-refractivity contribution >= 4 is 23.2 Å². The number of amides is 1. The van der Waals surface area contributed by atoms with E-state index in [4.69, 9.17) is 0 Å². The van der Waals surface area contributed by atoms with E-state index in [1.54, 1.807) is 11.3 Å². The molecule has 1 amide bonds. The lowest BCUT2D eigenvalue weighted by Crippen LogP contribution is -2.45. The molecule has 0 bridgehead atoms. The van der Waals surface area contributed by atoms with Gasteiger partial charge in [-0.25, -0.2) is 4.98 Å². The summed E-state index contributed by atoms with van der Waals surface area (Å²) in [6.07, 6.45) is 5.70. The van der Waals surface area contributed by atoms with Crippen LogP contribution >= 0.6 is 11.3 Å². The largest absolute Gasteiger partial charge is 0.349 e. The van der Waals surface area contributed by atoms with Gasteiger partial charge in [0.15, 0.2) is 0 Å². The maximum atomic E-state index is 12.2. The summed E-state index contributed by atoms with van der Waals surface area (Å²) >= 11 is 1.61. The van der Waals surface area contributed by atoms with Crippen LogP contribution in [0.15, 0.2) is 23.8 Å².